The van der Waals surface area contributed by atoms with Gasteiger partial charge >= 0.3 is 5.97 Å². The van der Waals surface area contributed by atoms with Crippen LogP contribution in [0.4, 0.5) is 15.5 Å². The van der Waals surface area contributed by atoms with Crippen LogP contribution in [0.25, 0.3) is 0 Å². The predicted molar refractivity (Wildman–Crippen MR) is 117 cm³/mol. The van der Waals surface area contributed by atoms with E-state index in [2.05, 4.69) is 20.4 Å². The third-order valence-electron chi connectivity index (χ3n) is 4.96. The van der Waals surface area contributed by atoms with Crippen LogP contribution in [0.2, 0.25) is 0 Å². The molecule has 3 heterocycles. The first-order chi connectivity index (χ1) is 15.4. The van der Waals surface area contributed by atoms with E-state index < -0.39 is 17.8 Å². The van der Waals surface area contributed by atoms with Crippen LogP contribution in [0.15, 0.2) is 48.1 Å². The van der Waals surface area contributed by atoms with Gasteiger partial charge in [0.1, 0.15) is 24.7 Å². The lowest BCUT2D eigenvalue weighted by Gasteiger charge is -2.34. The van der Waals surface area contributed by atoms with Crippen LogP contribution in [0, 0.1) is 12.7 Å². The van der Waals surface area contributed by atoms with Gasteiger partial charge in [-0.15, -0.1) is 11.3 Å². The summed E-state index contributed by atoms with van der Waals surface area (Å²) in [5.74, 6) is -0.869. The molecule has 11 heteroatoms. The molecule has 1 aromatic carbocycles. The molecule has 0 fully saturated rings. The lowest BCUT2D eigenvalue weighted by atomic mass is 9.95. The molecule has 0 bridgehead atoms. The number of rotatable bonds is 6. The van der Waals surface area contributed by atoms with Gasteiger partial charge in [0.05, 0.1) is 12.2 Å². The molecule has 166 valence electrons. The highest BCUT2D eigenvalue weighted by Crippen LogP contribution is 2.38. The second-order valence-electron chi connectivity index (χ2n) is 7.09. The van der Waals surface area contributed by atoms with Crippen molar-refractivity contribution in [3.63, 3.8) is 0 Å². The standard InChI is InChI=1S/C21H21FN6O3S/c1-4-31-19(30)17-13(3)27(10-16(29)26-20-23-9-12(2)32-20)21-24-11-25-28(21)18(17)14-5-7-15(22)8-6-14/h5-9,11,18H,4,10H2,1-3H3,(H,23,26,29)/t18-/m0/s1. The molecule has 9 nitrogen and oxygen atoms in total. The fourth-order valence-corrected chi connectivity index (χ4v) is 4.24. The Balaban J connectivity index is 1.73. The van der Waals surface area contributed by atoms with Gasteiger partial charge in [0.25, 0.3) is 0 Å². The lowest BCUT2D eigenvalue weighted by Crippen LogP contribution is -2.40. The van der Waals surface area contributed by atoms with Crippen molar-refractivity contribution in [3.05, 3.63) is 64.3 Å². The van der Waals surface area contributed by atoms with Gasteiger partial charge in [-0.2, -0.15) is 10.1 Å². The third-order valence-corrected chi connectivity index (χ3v) is 5.79. The number of aromatic nitrogens is 4. The predicted octanol–water partition coefficient (Wildman–Crippen LogP) is 3.07. The molecular formula is C21H21FN6O3S. The van der Waals surface area contributed by atoms with Crippen LogP contribution in [-0.2, 0) is 14.3 Å². The Labute approximate surface area is 187 Å². The average molecular weight is 457 g/mol. The van der Waals surface area contributed by atoms with E-state index in [4.69, 9.17) is 4.74 Å². The fraction of sp³-hybridized carbons (Fsp3) is 0.286. The molecule has 0 saturated carbocycles. The number of carbonyl (C=O) groups excluding carboxylic acids is 2. The van der Waals surface area contributed by atoms with Crippen molar-refractivity contribution in [2.45, 2.75) is 26.8 Å². The molecule has 0 aliphatic carbocycles. The molecule has 1 atom stereocenters. The topological polar surface area (TPSA) is 102 Å². The Hall–Kier alpha value is -3.60. The van der Waals surface area contributed by atoms with Crippen LogP contribution in [0.3, 0.4) is 0 Å². The number of anilines is 2. The van der Waals surface area contributed by atoms with Gasteiger partial charge < -0.3 is 15.0 Å². The fourth-order valence-electron chi connectivity index (χ4n) is 3.56. The molecule has 32 heavy (non-hydrogen) atoms. The van der Waals surface area contributed by atoms with E-state index in [1.165, 1.54) is 34.5 Å². The normalized spacial score (nSPS) is 15.5. The molecule has 0 spiro atoms. The van der Waals surface area contributed by atoms with E-state index in [1.807, 2.05) is 6.92 Å². The third kappa shape index (κ3) is 4.11. The summed E-state index contributed by atoms with van der Waals surface area (Å²) in [5.41, 5.74) is 1.45. The van der Waals surface area contributed by atoms with Gasteiger partial charge in [-0.1, -0.05) is 12.1 Å². The summed E-state index contributed by atoms with van der Waals surface area (Å²) in [7, 11) is 0. The Kier molecular flexibility index (Phi) is 5.99. The Morgan fingerprint density at radius 1 is 1.22 bits per heavy atom. The number of nitrogens with zero attached hydrogens (tertiary/aromatic N) is 5. The number of hydrogen-bond donors (Lipinski definition) is 1. The van der Waals surface area contributed by atoms with Crippen molar-refractivity contribution >= 4 is 34.3 Å². The molecular weight excluding hydrogens is 435 g/mol. The molecule has 3 aromatic rings. The number of nitrogens with one attached hydrogen (secondary N) is 1. The van der Waals surface area contributed by atoms with Crippen molar-refractivity contribution in [2.75, 3.05) is 23.4 Å². The summed E-state index contributed by atoms with van der Waals surface area (Å²) in [6.07, 6.45) is 3.03. The van der Waals surface area contributed by atoms with Crippen molar-refractivity contribution in [1.82, 2.24) is 19.7 Å². The lowest BCUT2D eigenvalue weighted by molar-refractivity contribution is -0.139. The van der Waals surface area contributed by atoms with Gasteiger partial charge in [0, 0.05) is 16.8 Å². The van der Waals surface area contributed by atoms with Gasteiger partial charge in [-0.3, -0.25) is 4.79 Å². The van der Waals surface area contributed by atoms with E-state index in [-0.39, 0.29) is 19.1 Å². The Morgan fingerprint density at radius 3 is 2.62 bits per heavy atom. The monoisotopic (exact) mass is 456 g/mol. The zero-order chi connectivity index (χ0) is 22.8. The number of fused-ring (bicyclic) bond motifs is 1. The average Bonchev–Trinajstić information content (AvgIpc) is 3.39. The first-order valence-corrected chi connectivity index (χ1v) is 10.7. The Morgan fingerprint density at radius 2 is 1.97 bits per heavy atom. The van der Waals surface area contributed by atoms with Gasteiger partial charge in [0.2, 0.25) is 11.9 Å². The second kappa shape index (κ2) is 8.87. The molecule has 0 radical (unpaired) electrons. The maximum Gasteiger partial charge on any atom is 0.338 e. The molecule has 0 unspecified atom stereocenters. The highest BCUT2D eigenvalue weighted by atomic mass is 32.1. The summed E-state index contributed by atoms with van der Waals surface area (Å²) in [6, 6.07) is 5.14. The second-order valence-corrected chi connectivity index (χ2v) is 8.32. The summed E-state index contributed by atoms with van der Waals surface area (Å²) in [6.45, 7) is 5.41. The number of allylic oxidation sites excluding steroid dienone is 1. The van der Waals surface area contributed by atoms with Crippen LogP contribution in [-0.4, -0.2) is 44.8 Å². The number of amides is 1. The molecule has 2 aromatic heterocycles. The van der Waals surface area contributed by atoms with E-state index in [1.54, 1.807) is 37.1 Å². The minimum Gasteiger partial charge on any atom is -0.463 e. The Bertz CT molecular complexity index is 1190. The quantitative estimate of drug-likeness (QED) is 0.569. The maximum atomic E-state index is 13.5. The zero-order valence-electron chi connectivity index (χ0n) is 17.7. The van der Waals surface area contributed by atoms with E-state index in [0.717, 1.165) is 4.88 Å². The smallest absolute Gasteiger partial charge is 0.338 e. The number of hydrogen-bond acceptors (Lipinski definition) is 8. The van der Waals surface area contributed by atoms with Crippen molar-refractivity contribution in [1.29, 1.82) is 0 Å². The zero-order valence-corrected chi connectivity index (χ0v) is 18.5. The maximum absolute atomic E-state index is 13.5. The highest BCUT2D eigenvalue weighted by Gasteiger charge is 2.38. The summed E-state index contributed by atoms with van der Waals surface area (Å²) < 4.78 is 20.4. The van der Waals surface area contributed by atoms with Crippen molar-refractivity contribution in [3.8, 4) is 0 Å². The first kappa shape index (κ1) is 21.6. The molecule has 1 N–H and O–H groups in total. The minimum atomic E-state index is -0.673. The summed E-state index contributed by atoms with van der Waals surface area (Å²) in [4.78, 5) is 36.7. The number of benzene rings is 1. The largest absolute Gasteiger partial charge is 0.463 e. The molecule has 1 aliphatic rings. The van der Waals surface area contributed by atoms with Crippen molar-refractivity contribution in [2.24, 2.45) is 0 Å². The first-order valence-electron chi connectivity index (χ1n) is 9.91. The summed E-state index contributed by atoms with van der Waals surface area (Å²) in [5, 5.41) is 7.54. The highest BCUT2D eigenvalue weighted by molar-refractivity contribution is 7.15. The van der Waals surface area contributed by atoms with Gasteiger partial charge in [-0.05, 0) is 38.5 Å². The SMILES string of the molecule is CCOC(=O)C1=C(C)N(CC(=O)Nc2ncc(C)s2)c2ncnn2[C@H]1c1ccc(F)cc1. The number of ether oxygens (including phenoxy) is 1. The van der Waals surface area contributed by atoms with Crippen LogP contribution >= 0.6 is 11.3 Å². The number of thiazole rings is 1. The van der Waals surface area contributed by atoms with E-state index in [0.29, 0.717) is 27.9 Å². The van der Waals surface area contributed by atoms with E-state index >= 15 is 0 Å². The van der Waals surface area contributed by atoms with Crippen LogP contribution in [0.1, 0.15) is 30.3 Å². The summed E-state index contributed by atoms with van der Waals surface area (Å²) >= 11 is 1.37. The minimum absolute atomic E-state index is 0.109. The number of halogens is 1. The van der Waals surface area contributed by atoms with E-state index in [9.17, 15) is 14.0 Å². The number of carbonyl (C=O) groups is 2. The number of esters is 1. The molecule has 0 saturated heterocycles. The van der Waals surface area contributed by atoms with Gasteiger partial charge in [-0.25, -0.2) is 18.9 Å². The van der Waals surface area contributed by atoms with Crippen LogP contribution < -0.4 is 10.2 Å². The molecule has 4 rings (SSSR count). The molecule has 1 aliphatic heterocycles. The van der Waals surface area contributed by atoms with Gasteiger partial charge in [0.15, 0.2) is 5.13 Å². The van der Waals surface area contributed by atoms with Crippen LogP contribution in [0.5, 0.6) is 0 Å². The van der Waals surface area contributed by atoms with Crippen molar-refractivity contribution < 1.29 is 18.7 Å². The number of aryl methyl sites for hydroxylation is 1. The molecule has 1 amide bonds.